The molecule has 0 aliphatic heterocycles. The van der Waals surface area contributed by atoms with Crippen molar-refractivity contribution >= 4 is 35.2 Å². The first kappa shape index (κ1) is 23.2. The maximum atomic E-state index is 12.4. The van der Waals surface area contributed by atoms with E-state index in [1.807, 2.05) is 48.9 Å². The highest BCUT2D eigenvalue weighted by Crippen LogP contribution is 2.22. The van der Waals surface area contributed by atoms with Crippen molar-refractivity contribution in [3.63, 3.8) is 0 Å². The molecule has 0 saturated carbocycles. The molecule has 0 aliphatic rings. The molecule has 0 bridgehead atoms. The Morgan fingerprint density at radius 1 is 1.16 bits per heavy atom. The van der Waals surface area contributed by atoms with E-state index in [1.165, 1.54) is 6.08 Å². The molecule has 32 heavy (non-hydrogen) atoms. The van der Waals surface area contributed by atoms with Gasteiger partial charge in [-0.1, -0.05) is 29.8 Å². The summed E-state index contributed by atoms with van der Waals surface area (Å²) in [6.45, 7) is 4.66. The van der Waals surface area contributed by atoms with Crippen LogP contribution in [0.25, 0.3) is 11.8 Å². The number of halogens is 1. The van der Waals surface area contributed by atoms with Crippen LogP contribution in [0.2, 0.25) is 5.02 Å². The molecule has 0 atom stereocenters. The summed E-state index contributed by atoms with van der Waals surface area (Å²) in [6, 6.07) is 14.6. The van der Waals surface area contributed by atoms with E-state index in [4.69, 9.17) is 16.3 Å². The Labute approximate surface area is 192 Å². The average Bonchev–Trinajstić information content (AvgIpc) is 3.06. The van der Waals surface area contributed by atoms with Gasteiger partial charge in [-0.3, -0.25) is 9.59 Å². The second kappa shape index (κ2) is 10.7. The van der Waals surface area contributed by atoms with Gasteiger partial charge < -0.3 is 15.4 Å². The van der Waals surface area contributed by atoms with Gasteiger partial charge in [0, 0.05) is 36.7 Å². The molecule has 0 radical (unpaired) electrons. The Balaban J connectivity index is 1.68. The quantitative estimate of drug-likeness (QED) is 0.397. The maximum Gasteiger partial charge on any atom is 0.252 e. The van der Waals surface area contributed by atoms with Crippen LogP contribution in [-0.2, 0) is 9.53 Å². The van der Waals surface area contributed by atoms with E-state index in [2.05, 4.69) is 15.7 Å². The largest absolute Gasteiger partial charge is 0.383 e. The first-order chi connectivity index (χ1) is 15.4. The third kappa shape index (κ3) is 5.63. The van der Waals surface area contributed by atoms with Gasteiger partial charge in [0.15, 0.2) is 0 Å². The zero-order valence-electron chi connectivity index (χ0n) is 18.2. The fourth-order valence-electron chi connectivity index (χ4n) is 3.20. The minimum absolute atomic E-state index is 0.248. The Bertz CT molecular complexity index is 1140. The molecule has 1 heterocycles. The van der Waals surface area contributed by atoms with Crippen LogP contribution in [0.15, 0.2) is 54.6 Å². The van der Waals surface area contributed by atoms with Crippen LogP contribution in [-0.4, -0.2) is 41.9 Å². The van der Waals surface area contributed by atoms with E-state index >= 15 is 0 Å². The van der Waals surface area contributed by atoms with Gasteiger partial charge in [0.05, 0.1) is 28.6 Å². The van der Waals surface area contributed by atoms with Crippen molar-refractivity contribution in [1.29, 1.82) is 0 Å². The standard InChI is InChI=1S/C24H25ClN4O3/c1-16-20(17(2)29(28-16)19-7-5-4-6-8-19)11-12-23(30)27-18-9-10-21(22(25)15-18)24(31)26-13-14-32-3/h4-12,15H,13-14H2,1-3H3,(H,26,31)(H,27,30). The lowest BCUT2D eigenvalue weighted by atomic mass is 10.1. The minimum atomic E-state index is -0.315. The molecule has 2 N–H and O–H groups in total. The van der Waals surface area contributed by atoms with Crippen LogP contribution in [0.1, 0.15) is 27.3 Å². The molecule has 1 aromatic heterocycles. The molecule has 2 aromatic carbocycles. The number of amides is 2. The van der Waals surface area contributed by atoms with Crippen molar-refractivity contribution in [2.24, 2.45) is 0 Å². The van der Waals surface area contributed by atoms with Crippen molar-refractivity contribution < 1.29 is 14.3 Å². The lowest BCUT2D eigenvalue weighted by molar-refractivity contribution is -0.111. The summed E-state index contributed by atoms with van der Waals surface area (Å²) in [6.07, 6.45) is 3.19. The van der Waals surface area contributed by atoms with Gasteiger partial charge in [-0.25, -0.2) is 4.68 Å². The highest BCUT2D eigenvalue weighted by Gasteiger charge is 2.12. The molecule has 0 aliphatic carbocycles. The maximum absolute atomic E-state index is 12.4. The fourth-order valence-corrected chi connectivity index (χ4v) is 3.46. The number of aryl methyl sites for hydroxylation is 1. The van der Waals surface area contributed by atoms with Crippen molar-refractivity contribution in [2.75, 3.05) is 25.6 Å². The molecule has 3 aromatic rings. The van der Waals surface area contributed by atoms with Gasteiger partial charge in [0.1, 0.15) is 0 Å². The van der Waals surface area contributed by atoms with Gasteiger partial charge in [-0.2, -0.15) is 5.10 Å². The predicted octanol–water partition coefficient (Wildman–Crippen LogP) is 4.17. The number of methoxy groups -OCH3 is 1. The normalized spacial score (nSPS) is 11.0. The van der Waals surface area contributed by atoms with Crippen LogP contribution in [0, 0.1) is 13.8 Å². The zero-order valence-corrected chi connectivity index (χ0v) is 18.9. The van der Waals surface area contributed by atoms with E-state index < -0.39 is 0 Å². The Morgan fingerprint density at radius 2 is 1.91 bits per heavy atom. The van der Waals surface area contributed by atoms with E-state index in [9.17, 15) is 9.59 Å². The van der Waals surface area contributed by atoms with Gasteiger partial charge in [-0.15, -0.1) is 0 Å². The number of nitrogens with one attached hydrogen (secondary N) is 2. The minimum Gasteiger partial charge on any atom is -0.383 e. The Hall–Kier alpha value is -3.42. The summed E-state index contributed by atoms with van der Waals surface area (Å²) in [5, 5.41) is 10.3. The fraction of sp³-hybridized carbons (Fsp3) is 0.208. The molecule has 0 unspecified atom stereocenters. The van der Waals surface area contributed by atoms with E-state index in [-0.39, 0.29) is 16.8 Å². The Morgan fingerprint density at radius 3 is 2.59 bits per heavy atom. The first-order valence-electron chi connectivity index (χ1n) is 10.1. The number of hydrogen-bond acceptors (Lipinski definition) is 4. The molecule has 166 valence electrons. The van der Waals surface area contributed by atoms with Crippen molar-refractivity contribution in [2.45, 2.75) is 13.8 Å². The van der Waals surface area contributed by atoms with Gasteiger partial charge >= 0.3 is 0 Å². The summed E-state index contributed by atoms with van der Waals surface area (Å²) in [4.78, 5) is 24.6. The number of aromatic nitrogens is 2. The molecule has 7 nitrogen and oxygen atoms in total. The van der Waals surface area contributed by atoms with Gasteiger partial charge in [-0.05, 0) is 50.3 Å². The molecular formula is C24H25ClN4O3. The van der Waals surface area contributed by atoms with Gasteiger partial charge in [0.2, 0.25) is 5.91 Å². The second-order valence-electron chi connectivity index (χ2n) is 7.10. The molecule has 0 fully saturated rings. The number of nitrogens with zero attached hydrogens (tertiary/aromatic N) is 2. The number of hydrogen-bond donors (Lipinski definition) is 2. The van der Waals surface area contributed by atoms with Crippen LogP contribution in [0.5, 0.6) is 0 Å². The first-order valence-corrected chi connectivity index (χ1v) is 10.5. The van der Waals surface area contributed by atoms with Gasteiger partial charge in [0.25, 0.3) is 5.91 Å². The molecular weight excluding hydrogens is 428 g/mol. The third-order valence-electron chi connectivity index (χ3n) is 4.82. The number of carbonyl (C=O) groups excluding carboxylic acids is 2. The zero-order chi connectivity index (χ0) is 23.1. The number of ether oxygens (including phenoxy) is 1. The molecule has 3 rings (SSSR count). The highest BCUT2D eigenvalue weighted by atomic mass is 35.5. The van der Waals surface area contributed by atoms with Crippen LogP contribution in [0.3, 0.4) is 0 Å². The van der Waals surface area contributed by atoms with E-state index in [1.54, 1.807) is 31.4 Å². The number of carbonyl (C=O) groups is 2. The topological polar surface area (TPSA) is 85.2 Å². The van der Waals surface area contributed by atoms with Crippen molar-refractivity contribution in [3.8, 4) is 5.69 Å². The summed E-state index contributed by atoms with van der Waals surface area (Å²) >= 11 is 6.22. The lowest BCUT2D eigenvalue weighted by Gasteiger charge is -2.08. The van der Waals surface area contributed by atoms with E-state index in [0.717, 1.165) is 22.6 Å². The highest BCUT2D eigenvalue weighted by molar-refractivity contribution is 6.34. The lowest BCUT2D eigenvalue weighted by Crippen LogP contribution is -2.27. The number of anilines is 1. The SMILES string of the molecule is COCCNC(=O)c1ccc(NC(=O)C=Cc2c(C)nn(-c3ccccc3)c2C)cc1Cl. The molecule has 0 spiro atoms. The summed E-state index contributed by atoms with van der Waals surface area (Å²) in [5.41, 5.74) is 4.41. The number of benzene rings is 2. The van der Waals surface area contributed by atoms with E-state index in [0.29, 0.717) is 24.4 Å². The number of rotatable bonds is 8. The van der Waals surface area contributed by atoms with Crippen molar-refractivity contribution in [1.82, 2.24) is 15.1 Å². The third-order valence-corrected chi connectivity index (χ3v) is 5.14. The summed E-state index contributed by atoms with van der Waals surface area (Å²) < 4.78 is 6.76. The average molecular weight is 453 g/mol. The molecule has 0 saturated heterocycles. The molecule has 2 amide bonds. The Kier molecular flexibility index (Phi) is 7.81. The molecule has 8 heteroatoms. The predicted molar refractivity (Wildman–Crippen MR) is 126 cm³/mol. The van der Waals surface area contributed by atoms with Crippen molar-refractivity contribution in [3.05, 3.63) is 82.1 Å². The smallest absolute Gasteiger partial charge is 0.252 e. The van der Waals surface area contributed by atoms with Crippen LogP contribution in [0.4, 0.5) is 5.69 Å². The monoisotopic (exact) mass is 452 g/mol. The number of para-hydroxylation sites is 1. The van der Waals surface area contributed by atoms with Crippen LogP contribution >= 0.6 is 11.6 Å². The second-order valence-corrected chi connectivity index (χ2v) is 7.50. The van der Waals surface area contributed by atoms with Crippen LogP contribution < -0.4 is 10.6 Å². The summed E-state index contributed by atoms with van der Waals surface area (Å²) in [7, 11) is 1.56. The summed E-state index contributed by atoms with van der Waals surface area (Å²) in [5.74, 6) is -0.615.